The summed E-state index contributed by atoms with van der Waals surface area (Å²) in [7, 11) is 0. The minimum Gasteiger partial charge on any atom is -0.502 e. The molecule has 124 valence electrons. The van der Waals surface area contributed by atoms with Crippen LogP contribution >= 0.6 is 0 Å². The molecule has 0 spiro atoms. The van der Waals surface area contributed by atoms with E-state index in [1.54, 1.807) is 6.07 Å². The van der Waals surface area contributed by atoms with E-state index in [1.165, 1.54) is 69.9 Å². The van der Waals surface area contributed by atoms with E-state index in [0.29, 0.717) is 0 Å². The Hall–Kier alpha value is -1.58. The Morgan fingerprint density at radius 2 is 1.50 bits per heavy atom. The second kappa shape index (κ2) is 11.0. The lowest BCUT2D eigenvalue weighted by Crippen LogP contribution is -1.92. The summed E-state index contributed by atoms with van der Waals surface area (Å²) in [5.74, 6) is -0.253. The lowest BCUT2D eigenvalue weighted by atomic mass is 10.0. The molecule has 0 aliphatic heterocycles. The van der Waals surface area contributed by atoms with Gasteiger partial charge in [-0.05, 0) is 24.5 Å². The standard InChI is InChI=1S/C18H29NO3/c1-2-3-4-5-6-7-8-9-10-11-12-16-13-14-18(20)17(15-16)19(21)22/h13-15,20H,2-12H2,1H3. The normalized spacial score (nSPS) is 10.8. The number of nitro groups is 1. The van der Waals surface area contributed by atoms with Crippen LogP contribution in [-0.4, -0.2) is 10.0 Å². The summed E-state index contributed by atoms with van der Waals surface area (Å²) >= 11 is 0. The van der Waals surface area contributed by atoms with Crippen LogP contribution in [0.15, 0.2) is 18.2 Å². The molecule has 4 heteroatoms. The van der Waals surface area contributed by atoms with Gasteiger partial charge in [-0.3, -0.25) is 10.1 Å². The van der Waals surface area contributed by atoms with Crippen molar-refractivity contribution in [2.75, 3.05) is 0 Å². The van der Waals surface area contributed by atoms with E-state index in [4.69, 9.17) is 0 Å². The van der Waals surface area contributed by atoms with Crippen LogP contribution < -0.4 is 0 Å². The van der Waals surface area contributed by atoms with E-state index in [0.717, 1.165) is 18.4 Å². The van der Waals surface area contributed by atoms with Gasteiger partial charge in [-0.15, -0.1) is 0 Å². The van der Waals surface area contributed by atoms with Crippen molar-refractivity contribution in [2.24, 2.45) is 0 Å². The summed E-state index contributed by atoms with van der Waals surface area (Å²) in [5.41, 5.74) is 0.744. The van der Waals surface area contributed by atoms with Crippen LogP contribution in [0.5, 0.6) is 5.75 Å². The number of hydrogen-bond donors (Lipinski definition) is 1. The third-order valence-electron chi connectivity index (χ3n) is 4.06. The molecular formula is C18H29NO3. The summed E-state index contributed by atoms with van der Waals surface area (Å²) in [6.45, 7) is 2.24. The van der Waals surface area contributed by atoms with E-state index in [-0.39, 0.29) is 11.4 Å². The number of hydrogen-bond acceptors (Lipinski definition) is 3. The summed E-state index contributed by atoms with van der Waals surface area (Å²) < 4.78 is 0. The first kappa shape index (κ1) is 18.5. The van der Waals surface area contributed by atoms with Crippen LogP contribution in [-0.2, 0) is 6.42 Å². The van der Waals surface area contributed by atoms with Gasteiger partial charge >= 0.3 is 5.69 Å². The highest BCUT2D eigenvalue weighted by atomic mass is 16.6. The van der Waals surface area contributed by atoms with Crippen molar-refractivity contribution in [2.45, 2.75) is 77.6 Å². The molecule has 0 bridgehead atoms. The zero-order chi connectivity index (χ0) is 16.2. The lowest BCUT2D eigenvalue weighted by molar-refractivity contribution is -0.385. The zero-order valence-electron chi connectivity index (χ0n) is 13.7. The number of phenolic OH excluding ortho intramolecular Hbond substituents is 1. The van der Waals surface area contributed by atoms with Crippen molar-refractivity contribution < 1.29 is 10.0 Å². The van der Waals surface area contributed by atoms with Crippen molar-refractivity contribution in [3.63, 3.8) is 0 Å². The first-order valence-electron chi connectivity index (χ1n) is 8.61. The quantitative estimate of drug-likeness (QED) is 0.303. The third-order valence-corrected chi connectivity index (χ3v) is 4.06. The molecule has 0 unspecified atom stereocenters. The van der Waals surface area contributed by atoms with Gasteiger partial charge < -0.3 is 5.11 Å². The number of aromatic hydroxyl groups is 1. The minimum atomic E-state index is -0.530. The minimum absolute atomic E-state index is 0.190. The SMILES string of the molecule is CCCCCCCCCCCCc1ccc(O)c([N+](=O)[O-])c1. The summed E-state index contributed by atoms with van der Waals surface area (Å²) in [6, 6.07) is 4.68. The van der Waals surface area contributed by atoms with E-state index < -0.39 is 4.92 Å². The van der Waals surface area contributed by atoms with Crippen LogP contribution in [0.2, 0.25) is 0 Å². The first-order valence-corrected chi connectivity index (χ1v) is 8.61. The van der Waals surface area contributed by atoms with Crippen molar-refractivity contribution >= 4 is 5.69 Å². The number of phenols is 1. The van der Waals surface area contributed by atoms with Gasteiger partial charge in [0.05, 0.1) is 4.92 Å². The molecule has 0 radical (unpaired) electrons. The zero-order valence-corrected chi connectivity index (χ0v) is 13.7. The maximum absolute atomic E-state index is 10.8. The third kappa shape index (κ3) is 7.43. The van der Waals surface area contributed by atoms with Gasteiger partial charge in [0.1, 0.15) is 0 Å². The molecule has 1 rings (SSSR count). The predicted molar refractivity (Wildman–Crippen MR) is 90.3 cm³/mol. The molecule has 0 saturated carbocycles. The topological polar surface area (TPSA) is 63.4 Å². The molecule has 1 N–H and O–H groups in total. The molecule has 0 heterocycles. The van der Waals surface area contributed by atoms with Gasteiger partial charge in [-0.25, -0.2) is 0 Å². The Bertz CT molecular complexity index is 446. The van der Waals surface area contributed by atoms with Gasteiger partial charge in [0, 0.05) is 6.07 Å². The molecule has 22 heavy (non-hydrogen) atoms. The Balaban J connectivity index is 2.10. The van der Waals surface area contributed by atoms with Gasteiger partial charge in [0.15, 0.2) is 5.75 Å². The monoisotopic (exact) mass is 307 g/mol. The molecule has 0 fully saturated rings. The van der Waals surface area contributed by atoms with Crippen LogP contribution in [0.25, 0.3) is 0 Å². The fourth-order valence-corrected chi connectivity index (χ4v) is 2.69. The second-order valence-electron chi connectivity index (χ2n) is 6.01. The number of nitrogens with zero attached hydrogens (tertiary/aromatic N) is 1. The molecule has 4 nitrogen and oxygen atoms in total. The molecule has 1 aromatic carbocycles. The van der Waals surface area contributed by atoms with Gasteiger partial charge in [0.2, 0.25) is 0 Å². The van der Waals surface area contributed by atoms with Crippen molar-refractivity contribution in [1.82, 2.24) is 0 Å². The van der Waals surface area contributed by atoms with Crippen LogP contribution in [0.1, 0.15) is 76.7 Å². The molecule has 0 atom stereocenters. The molecule has 0 aliphatic rings. The molecule has 1 aromatic rings. The van der Waals surface area contributed by atoms with Gasteiger partial charge in [-0.1, -0.05) is 70.8 Å². The smallest absolute Gasteiger partial charge is 0.310 e. The fourth-order valence-electron chi connectivity index (χ4n) is 2.69. The first-order chi connectivity index (χ1) is 10.6. The Labute approximate surface area is 133 Å². The Morgan fingerprint density at radius 3 is 2.05 bits per heavy atom. The van der Waals surface area contributed by atoms with E-state index in [2.05, 4.69) is 6.92 Å². The second-order valence-corrected chi connectivity index (χ2v) is 6.01. The van der Waals surface area contributed by atoms with E-state index in [9.17, 15) is 15.2 Å². The highest BCUT2D eigenvalue weighted by molar-refractivity contribution is 5.47. The predicted octanol–water partition coefficient (Wildman–Crippen LogP) is 5.76. The van der Waals surface area contributed by atoms with Crippen molar-refractivity contribution in [3.05, 3.63) is 33.9 Å². The molecule has 0 amide bonds. The average molecular weight is 307 g/mol. The van der Waals surface area contributed by atoms with Crippen LogP contribution in [0.3, 0.4) is 0 Å². The van der Waals surface area contributed by atoms with Crippen molar-refractivity contribution in [3.8, 4) is 5.75 Å². The van der Waals surface area contributed by atoms with Gasteiger partial charge in [-0.2, -0.15) is 0 Å². The van der Waals surface area contributed by atoms with Gasteiger partial charge in [0.25, 0.3) is 0 Å². The van der Waals surface area contributed by atoms with Crippen molar-refractivity contribution in [1.29, 1.82) is 0 Å². The number of benzene rings is 1. The highest BCUT2D eigenvalue weighted by Crippen LogP contribution is 2.27. The lowest BCUT2D eigenvalue weighted by Gasteiger charge is -2.04. The molecule has 0 saturated heterocycles. The largest absolute Gasteiger partial charge is 0.502 e. The molecular weight excluding hydrogens is 278 g/mol. The maximum Gasteiger partial charge on any atom is 0.310 e. The highest BCUT2D eigenvalue weighted by Gasteiger charge is 2.13. The van der Waals surface area contributed by atoms with E-state index >= 15 is 0 Å². The van der Waals surface area contributed by atoms with E-state index in [1.807, 2.05) is 0 Å². The molecule has 0 aliphatic carbocycles. The summed E-state index contributed by atoms with van der Waals surface area (Å²) in [5, 5.41) is 20.2. The number of rotatable bonds is 12. The summed E-state index contributed by atoms with van der Waals surface area (Å²) in [6.07, 6.45) is 13.7. The Morgan fingerprint density at radius 1 is 0.955 bits per heavy atom. The number of nitro benzene ring substituents is 1. The fraction of sp³-hybridized carbons (Fsp3) is 0.667. The maximum atomic E-state index is 10.8. The van der Waals surface area contributed by atoms with Crippen LogP contribution in [0, 0.1) is 10.1 Å². The van der Waals surface area contributed by atoms with Crippen LogP contribution in [0.4, 0.5) is 5.69 Å². The number of aryl methyl sites for hydroxylation is 1. The molecule has 0 aromatic heterocycles. The summed E-state index contributed by atoms with van der Waals surface area (Å²) in [4.78, 5) is 10.2. The Kier molecular flexibility index (Phi) is 9.28. The average Bonchev–Trinajstić information content (AvgIpc) is 2.50. The number of unbranched alkanes of at least 4 members (excludes halogenated alkanes) is 9.